The van der Waals surface area contributed by atoms with E-state index in [9.17, 15) is 0 Å². The highest BCUT2D eigenvalue weighted by atomic mass is 35.5. The molecule has 0 spiro atoms. The Bertz CT molecular complexity index is 327. The topological polar surface area (TPSA) is 24.1 Å². The summed E-state index contributed by atoms with van der Waals surface area (Å²) < 4.78 is 0. The summed E-state index contributed by atoms with van der Waals surface area (Å²) in [7, 11) is 0. The zero-order valence-electron chi connectivity index (χ0n) is 9.69. The Labute approximate surface area is 107 Å². The van der Waals surface area contributed by atoms with E-state index in [1.165, 1.54) is 0 Å². The second-order valence-corrected chi connectivity index (χ2v) is 4.86. The van der Waals surface area contributed by atoms with Crippen molar-refractivity contribution in [2.75, 3.05) is 13.1 Å². The average Bonchev–Trinajstić information content (AvgIpc) is 2.20. The van der Waals surface area contributed by atoms with Crippen LogP contribution in [-0.4, -0.2) is 19.1 Å². The number of rotatable bonds is 6. The molecule has 0 aliphatic carbocycles. The molecule has 0 aromatic heterocycles. The van der Waals surface area contributed by atoms with Crippen LogP contribution in [0.4, 0.5) is 0 Å². The fraction of sp³-hybridized carbons (Fsp3) is 0.500. The van der Waals surface area contributed by atoms with Crippen LogP contribution >= 0.6 is 23.2 Å². The van der Waals surface area contributed by atoms with Gasteiger partial charge < -0.3 is 10.6 Å². The van der Waals surface area contributed by atoms with Crippen molar-refractivity contribution in [1.29, 1.82) is 0 Å². The molecule has 0 saturated heterocycles. The maximum atomic E-state index is 6.05. The minimum Gasteiger partial charge on any atom is -0.313 e. The molecule has 0 saturated carbocycles. The molecule has 90 valence electrons. The molecule has 0 fully saturated rings. The quantitative estimate of drug-likeness (QED) is 0.769. The Morgan fingerprint density at radius 3 is 2.56 bits per heavy atom. The van der Waals surface area contributed by atoms with Gasteiger partial charge in [0.2, 0.25) is 0 Å². The molecule has 0 bridgehead atoms. The van der Waals surface area contributed by atoms with Gasteiger partial charge in [0.05, 0.1) is 0 Å². The smallest absolute Gasteiger partial charge is 0.0465 e. The fourth-order valence-corrected chi connectivity index (χ4v) is 1.81. The summed E-state index contributed by atoms with van der Waals surface area (Å²) in [6, 6.07) is 6.11. The minimum atomic E-state index is 0.529. The van der Waals surface area contributed by atoms with Crippen molar-refractivity contribution in [3.8, 4) is 0 Å². The van der Waals surface area contributed by atoms with Gasteiger partial charge in [0.15, 0.2) is 0 Å². The lowest BCUT2D eigenvalue weighted by Crippen LogP contribution is -2.31. The molecule has 1 rings (SSSR count). The predicted octanol–water partition coefficient (Wildman–Crippen LogP) is 3.08. The van der Waals surface area contributed by atoms with Crippen molar-refractivity contribution in [3.63, 3.8) is 0 Å². The molecule has 2 N–H and O–H groups in total. The molecule has 1 aromatic rings. The van der Waals surface area contributed by atoms with Crippen LogP contribution < -0.4 is 10.6 Å². The summed E-state index contributed by atoms with van der Waals surface area (Å²) in [5.41, 5.74) is 1.08. The van der Waals surface area contributed by atoms with Gasteiger partial charge in [0.25, 0.3) is 0 Å². The molecule has 16 heavy (non-hydrogen) atoms. The predicted molar refractivity (Wildman–Crippen MR) is 71.3 cm³/mol. The Balaban J connectivity index is 2.27. The third kappa shape index (κ3) is 5.17. The van der Waals surface area contributed by atoms with E-state index in [0.717, 1.165) is 30.2 Å². The number of hydrogen-bond donors (Lipinski definition) is 2. The lowest BCUT2D eigenvalue weighted by atomic mass is 10.2. The first kappa shape index (κ1) is 13.8. The Morgan fingerprint density at radius 1 is 1.19 bits per heavy atom. The summed E-state index contributed by atoms with van der Waals surface area (Å²) in [5.74, 6) is 0. The maximum Gasteiger partial charge on any atom is 0.0465 e. The molecule has 2 nitrogen and oxygen atoms in total. The van der Waals surface area contributed by atoms with E-state index in [-0.39, 0.29) is 0 Å². The molecule has 1 aromatic carbocycles. The van der Waals surface area contributed by atoms with Crippen molar-refractivity contribution >= 4 is 23.2 Å². The van der Waals surface area contributed by atoms with E-state index >= 15 is 0 Å². The van der Waals surface area contributed by atoms with Gasteiger partial charge in [-0.05, 0) is 17.7 Å². The van der Waals surface area contributed by atoms with Crippen molar-refractivity contribution < 1.29 is 0 Å². The summed E-state index contributed by atoms with van der Waals surface area (Å²) in [6.07, 6.45) is 0. The number of hydrogen-bond acceptors (Lipinski definition) is 2. The Hall–Kier alpha value is -0.280. The van der Waals surface area contributed by atoms with Crippen LogP contribution in [0.3, 0.4) is 0 Å². The standard InChI is InChI=1S/C12H18Cl2N2/c1-9(2)16-6-5-15-8-10-3-4-11(13)7-12(10)14/h3-4,7,9,15-16H,5-6,8H2,1-2H3. The number of halogens is 2. The van der Waals surface area contributed by atoms with Crippen LogP contribution in [0.25, 0.3) is 0 Å². The molecule has 0 unspecified atom stereocenters. The van der Waals surface area contributed by atoms with E-state index < -0.39 is 0 Å². The van der Waals surface area contributed by atoms with E-state index in [1.54, 1.807) is 6.07 Å². The summed E-state index contributed by atoms with van der Waals surface area (Å²) in [4.78, 5) is 0. The number of benzene rings is 1. The monoisotopic (exact) mass is 260 g/mol. The third-order valence-corrected chi connectivity index (χ3v) is 2.77. The number of nitrogens with one attached hydrogen (secondary N) is 2. The average molecular weight is 261 g/mol. The second kappa shape index (κ2) is 7.13. The first-order valence-electron chi connectivity index (χ1n) is 5.47. The van der Waals surface area contributed by atoms with Crippen LogP contribution in [-0.2, 0) is 6.54 Å². The molecule has 0 heterocycles. The van der Waals surface area contributed by atoms with E-state index in [0.29, 0.717) is 11.1 Å². The van der Waals surface area contributed by atoms with Gasteiger partial charge in [-0.2, -0.15) is 0 Å². The van der Waals surface area contributed by atoms with E-state index in [4.69, 9.17) is 23.2 Å². The third-order valence-electron chi connectivity index (χ3n) is 2.18. The van der Waals surface area contributed by atoms with Gasteiger partial charge in [0, 0.05) is 35.7 Å². The van der Waals surface area contributed by atoms with Crippen molar-refractivity contribution in [2.45, 2.75) is 26.4 Å². The highest BCUT2D eigenvalue weighted by Crippen LogP contribution is 2.20. The van der Waals surface area contributed by atoms with Crippen molar-refractivity contribution in [2.24, 2.45) is 0 Å². The highest BCUT2D eigenvalue weighted by Gasteiger charge is 2.00. The largest absolute Gasteiger partial charge is 0.313 e. The lowest BCUT2D eigenvalue weighted by molar-refractivity contribution is 0.556. The molecular weight excluding hydrogens is 243 g/mol. The van der Waals surface area contributed by atoms with Crippen LogP contribution in [0, 0.1) is 0 Å². The first-order chi connectivity index (χ1) is 7.59. The highest BCUT2D eigenvalue weighted by molar-refractivity contribution is 6.35. The minimum absolute atomic E-state index is 0.529. The van der Waals surface area contributed by atoms with Gasteiger partial charge in [0.1, 0.15) is 0 Å². The molecule has 4 heteroatoms. The van der Waals surface area contributed by atoms with Gasteiger partial charge in [-0.1, -0.05) is 43.1 Å². The Morgan fingerprint density at radius 2 is 1.94 bits per heavy atom. The Kier molecular flexibility index (Phi) is 6.14. The van der Waals surface area contributed by atoms with E-state index in [2.05, 4.69) is 24.5 Å². The zero-order chi connectivity index (χ0) is 12.0. The van der Waals surface area contributed by atoms with E-state index in [1.807, 2.05) is 12.1 Å². The molecule has 0 amide bonds. The summed E-state index contributed by atoms with van der Waals surface area (Å²) in [5, 5.41) is 8.06. The van der Waals surface area contributed by atoms with Gasteiger partial charge >= 0.3 is 0 Å². The molecule has 0 aliphatic rings. The molecule has 0 radical (unpaired) electrons. The molecule has 0 atom stereocenters. The van der Waals surface area contributed by atoms with Crippen LogP contribution in [0.2, 0.25) is 10.0 Å². The normalized spacial score (nSPS) is 11.1. The maximum absolute atomic E-state index is 6.05. The van der Waals surface area contributed by atoms with Gasteiger partial charge in [-0.15, -0.1) is 0 Å². The second-order valence-electron chi connectivity index (χ2n) is 4.02. The fourth-order valence-electron chi connectivity index (χ4n) is 1.34. The van der Waals surface area contributed by atoms with Crippen molar-refractivity contribution in [1.82, 2.24) is 10.6 Å². The molecule has 0 aliphatic heterocycles. The van der Waals surface area contributed by atoms with Crippen LogP contribution in [0.1, 0.15) is 19.4 Å². The van der Waals surface area contributed by atoms with Crippen LogP contribution in [0.5, 0.6) is 0 Å². The lowest BCUT2D eigenvalue weighted by Gasteiger charge is -2.10. The van der Waals surface area contributed by atoms with Gasteiger partial charge in [-0.3, -0.25) is 0 Å². The SMILES string of the molecule is CC(C)NCCNCc1ccc(Cl)cc1Cl. The summed E-state index contributed by atoms with van der Waals surface area (Å²) >= 11 is 11.9. The van der Waals surface area contributed by atoms with Crippen molar-refractivity contribution in [3.05, 3.63) is 33.8 Å². The summed E-state index contributed by atoms with van der Waals surface area (Å²) in [6.45, 7) is 6.93. The van der Waals surface area contributed by atoms with Gasteiger partial charge in [-0.25, -0.2) is 0 Å². The first-order valence-corrected chi connectivity index (χ1v) is 6.23. The van der Waals surface area contributed by atoms with Crippen LogP contribution in [0.15, 0.2) is 18.2 Å². The zero-order valence-corrected chi connectivity index (χ0v) is 11.2. The molecular formula is C12H18Cl2N2.